The van der Waals surface area contributed by atoms with Crippen molar-refractivity contribution < 1.29 is 4.79 Å². The molecule has 0 radical (unpaired) electrons. The standard InChI is InChI=1S/C12H11BrN4O/c13-8-4-1-3-7-9(14)11(16-15-10(7)8)12(18)17-5-2-6-17/h1,3-4H,2,5-6H2,(H2,14,15). The molecule has 1 saturated heterocycles. The zero-order chi connectivity index (χ0) is 12.7. The van der Waals surface area contributed by atoms with E-state index in [-0.39, 0.29) is 11.6 Å². The summed E-state index contributed by atoms with van der Waals surface area (Å²) >= 11 is 3.39. The second-order valence-electron chi connectivity index (χ2n) is 4.24. The van der Waals surface area contributed by atoms with Crippen LogP contribution in [0.25, 0.3) is 10.9 Å². The van der Waals surface area contributed by atoms with Crippen molar-refractivity contribution in [1.82, 2.24) is 15.1 Å². The molecule has 1 amide bonds. The van der Waals surface area contributed by atoms with Crippen molar-refractivity contribution in [3.05, 3.63) is 28.4 Å². The zero-order valence-corrected chi connectivity index (χ0v) is 11.1. The first-order valence-electron chi connectivity index (χ1n) is 5.68. The molecule has 5 nitrogen and oxygen atoms in total. The molecule has 1 aliphatic rings. The van der Waals surface area contributed by atoms with Gasteiger partial charge in [0.2, 0.25) is 0 Å². The lowest BCUT2D eigenvalue weighted by Crippen LogP contribution is -2.42. The molecular weight excluding hydrogens is 296 g/mol. The van der Waals surface area contributed by atoms with Crippen LogP contribution in [0.15, 0.2) is 22.7 Å². The Morgan fingerprint density at radius 2 is 2.11 bits per heavy atom. The molecule has 92 valence electrons. The number of nitrogens with two attached hydrogens (primary N) is 1. The number of fused-ring (bicyclic) bond motifs is 1. The SMILES string of the molecule is Nc1c(C(=O)N2CCC2)nnc2c(Br)cccc12. The van der Waals surface area contributed by atoms with Crippen molar-refractivity contribution in [3.8, 4) is 0 Å². The third-order valence-corrected chi connectivity index (χ3v) is 3.77. The van der Waals surface area contributed by atoms with Crippen LogP contribution in [0.3, 0.4) is 0 Å². The molecule has 3 rings (SSSR count). The van der Waals surface area contributed by atoms with Crippen molar-refractivity contribution in [2.45, 2.75) is 6.42 Å². The molecule has 2 heterocycles. The van der Waals surface area contributed by atoms with Crippen LogP contribution >= 0.6 is 15.9 Å². The van der Waals surface area contributed by atoms with Gasteiger partial charge in [-0.1, -0.05) is 12.1 Å². The largest absolute Gasteiger partial charge is 0.396 e. The van der Waals surface area contributed by atoms with Gasteiger partial charge in [0.25, 0.3) is 5.91 Å². The Morgan fingerprint density at radius 1 is 1.33 bits per heavy atom. The monoisotopic (exact) mass is 306 g/mol. The Hall–Kier alpha value is -1.69. The Morgan fingerprint density at radius 3 is 2.78 bits per heavy atom. The minimum Gasteiger partial charge on any atom is -0.396 e. The number of anilines is 1. The second-order valence-corrected chi connectivity index (χ2v) is 5.10. The van der Waals surface area contributed by atoms with Crippen molar-refractivity contribution in [1.29, 1.82) is 0 Å². The van der Waals surface area contributed by atoms with E-state index in [2.05, 4.69) is 26.1 Å². The van der Waals surface area contributed by atoms with E-state index in [4.69, 9.17) is 5.73 Å². The number of amides is 1. The van der Waals surface area contributed by atoms with E-state index >= 15 is 0 Å². The van der Waals surface area contributed by atoms with E-state index in [1.807, 2.05) is 18.2 Å². The molecule has 0 bridgehead atoms. The van der Waals surface area contributed by atoms with E-state index < -0.39 is 0 Å². The first-order chi connectivity index (χ1) is 8.68. The molecule has 0 aliphatic carbocycles. The molecule has 1 aliphatic heterocycles. The van der Waals surface area contributed by atoms with Crippen molar-refractivity contribution in [3.63, 3.8) is 0 Å². The number of hydrogen-bond acceptors (Lipinski definition) is 4. The number of rotatable bonds is 1. The lowest BCUT2D eigenvalue weighted by molar-refractivity contribution is 0.0646. The smallest absolute Gasteiger partial charge is 0.276 e. The van der Waals surface area contributed by atoms with Gasteiger partial charge in [-0.15, -0.1) is 10.2 Å². The molecule has 0 saturated carbocycles. The van der Waals surface area contributed by atoms with E-state index in [0.717, 1.165) is 29.4 Å². The molecule has 0 spiro atoms. The fraction of sp³-hybridized carbons (Fsp3) is 0.250. The van der Waals surface area contributed by atoms with Gasteiger partial charge in [0.05, 0.1) is 5.69 Å². The molecule has 2 aromatic rings. The lowest BCUT2D eigenvalue weighted by Gasteiger charge is -2.30. The van der Waals surface area contributed by atoms with Crippen LogP contribution in [0.4, 0.5) is 5.69 Å². The van der Waals surface area contributed by atoms with Gasteiger partial charge < -0.3 is 10.6 Å². The van der Waals surface area contributed by atoms with E-state index in [1.54, 1.807) is 4.90 Å². The highest BCUT2D eigenvalue weighted by Gasteiger charge is 2.25. The van der Waals surface area contributed by atoms with Crippen LogP contribution in [0.2, 0.25) is 0 Å². The van der Waals surface area contributed by atoms with Gasteiger partial charge >= 0.3 is 0 Å². The first kappa shape index (κ1) is 11.4. The van der Waals surface area contributed by atoms with Gasteiger partial charge in [-0.25, -0.2) is 0 Å². The Kier molecular flexibility index (Phi) is 2.66. The van der Waals surface area contributed by atoms with E-state index in [1.165, 1.54) is 0 Å². The highest BCUT2D eigenvalue weighted by molar-refractivity contribution is 9.10. The van der Waals surface area contributed by atoms with Crippen molar-refractivity contribution in [2.75, 3.05) is 18.8 Å². The zero-order valence-electron chi connectivity index (χ0n) is 9.56. The molecular formula is C12H11BrN4O. The number of carbonyl (C=O) groups is 1. The summed E-state index contributed by atoms with van der Waals surface area (Å²) in [5.41, 5.74) is 7.36. The summed E-state index contributed by atoms with van der Waals surface area (Å²) in [5.74, 6) is -0.131. The number of hydrogen-bond donors (Lipinski definition) is 1. The summed E-state index contributed by atoms with van der Waals surface area (Å²) in [5, 5.41) is 8.81. The number of likely N-dealkylation sites (tertiary alicyclic amines) is 1. The average Bonchev–Trinajstić information content (AvgIpc) is 2.28. The van der Waals surface area contributed by atoms with Gasteiger partial charge in [-0.05, 0) is 28.4 Å². The Bertz CT molecular complexity index is 639. The predicted molar refractivity (Wildman–Crippen MR) is 72.2 cm³/mol. The Labute approximate surface area is 112 Å². The van der Waals surface area contributed by atoms with Crippen LogP contribution in [0.5, 0.6) is 0 Å². The maximum absolute atomic E-state index is 12.1. The first-order valence-corrected chi connectivity index (χ1v) is 6.47. The summed E-state index contributed by atoms with van der Waals surface area (Å²) in [6.45, 7) is 1.55. The van der Waals surface area contributed by atoms with Crippen LogP contribution in [-0.4, -0.2) is 34.1 Å². The minimum absolute atomic E-state index is 0.131. The van der Waals surface area contributed by atoms with Gasteiger partial charge in [-0.3, -0.25) is 4.79 Å². The molecule has 0 unspecified atom stereocenters. The fourth-order valence-corrected chi connectivity index (χ4v) is 2.39. The van der Waals surface area contributed by atoms with E-state index in [0.29, 0.717) is 11.2 Å². The van der Waals surface area contributed by atoms with Crippen LogP contribution in [0, 0.1) is 0 Å². The highest BCUT2D eigenvalue weighted by atomic mass is 79.9. The normalized spacial score (nSPS) is 14.6. The molecule has 1 aromatic heterocycles. The number of nitrogens with zero attached hydrogens (tertiary/aromatic N) is 3. The summed E-state index contributed by atoms with van der Waals surface area (Å²) in [6.07, 6.45) is 1.04. The number of benzene rings is 1. The Balaban J connectivity index is 2.14. The third kappa shape index (κ3) is 1.64. The number of carbonyl (C=O) groups excluding carboxylic acids is 1. The summed E-state index contributed by atoms with van der Waals surface area (Å²) < 4.78 is 0.821. The van der Waals surface area contributed by atoms with Crippen molar-refractivity contribution >= 4 is 38.4 Å². The second kappa shape index (κ2) is 4.20. The maximum atomic E-state index is 12.1. The molecule has 18 heavy (non-hydrogen) atoms. The minimum atomic E-state index is -0.131. The van der Waals surface area contributed by atoms with E-state index in [9.17, 15) is 4.79 Å². The maximum Gasteiger partial charge on any atom is 0.276 e. The molecule has 6 heteroatoms. The van der Waals surface area contributed by atoms with Gasteiger partial charge in [-0.2, -0.15) is 0 Å². The van der Waals surface area contributed by atoms with Gasteiger partial charge in [0, 0.05) is 22.9 Å². The predicted octanol–water partition coefficient (Wildman–Crippen LogP) is 1.82. The van der Waals surface area contributed by atoms with Crippen LogP contribution in [-0.2, 0) is 0 Å². The molecule has 1 fully saturated rings. The molecule has 2 N–H and O–H groups in total. The number of nitrogen functional groups attached to an aromatic ring is 1. The molecule has 1 aromatic carbocycles. The summed E-state index contributed by atoms with van der Waals surface area (Å²) in [6, 6.07) is 5.58. The quantitative estimate of drug-likeness (QED) is 0.872. The molecule has 0 atom stereocenters. The lowest BCUT2D eigenvalue weighted by atomic mass is 10.1. The summed E-state index contributed by atoms with van der Waals surface area (Å²) in [4.78, 5) is 13.8. The van der Waals surface area contributed by atoms with Crippen LogP contribution < -0.4 is 5.73 Å². The number of aromatic nitrogens is 2. The highest BCUT2D eigenvalue weighted by Crippen LogP contribution is 2.28. The average molecular weight is 307 g/mol. The van der Waals surface area contributed by atoms with Gasteiger partial charge in [0.15, 0.2) is 5.69 Å². The topological polar surface area (TPSA) is 72.1 Å². The van der Waals surface area contributed by atoms with Crippen LogP contribution in [0.1, 0.15) is 16.9 Å². The third-order valence-electron chi connectivity index (χ3n) is 3.13. The fourth-order valence-electron chi connectivity index (χ4n) is 1.94. The van der Waals surface area contributed by atoms with Crippen molar-refractivity contribution in [2.24, 2.45) is 0 Å². The summed E-state index contributed by atoms with van der Waals surface area (Å²) in [7, 11) is 0. The van der Waals surface area contributed by atoms with Gasteiger partial charge in [0.1, 0.15) is 5.52 Å². The number of halogens is 1.